The van der Waals surface area contributed by atoms with Gasteiger partial charge in [-0.1, -0.05) is 0 Å². The Hall–Kier alpha value is -0.570. The molecular weight excluding hydrogens is 202 g/mol. The van der Waals surface area contributed by atoms with Gasteiger partial charge in [-0.25, -0.2) is 0 Å². The summed E-state index contributed by atoms with van der Waals surface area (Å²) in [6.07, 6.45) is 4.64. The molecule has 0 bridgehead atoms. The highest BCUT2D eigenvalue weighted by Crippen LogP contribution is 2.39. The van der Waals surface area contributed by atoms with E-state index < -0.39 is 0 Å². The van der Waals surface area contributed by atoms with Gasteiger partial charge in [0, 0.05) is 6.04 Å². The van der Waals surface area contributed by atoms with E-state index in [9.17, 15) is 4.79 Å². The first-order chi connectivity index (χ1) is 7.39. The molecule has 1 aliphatic carbocycles. The summed E-state index contributed by atoms with van der Waals surface area (Å²) in [5.74, 6) is 0.400. The first-order valence-electron chi connectivity index (χ1n) is 6.14. The number of esters is 1. The molecule has 3 nitrogen and oxygen atoms in total. The highest BCUT2D eigenvalue weighted by molar-refractivity contribution is 5.76. The highest BCUT2D eigenvalue weighted by Gasteiger charge is 2.39. The SMILES string of the molecule is COC(=O)C(C)(C)C1CCC(N(C)C)CC1. The van der Waals surface area contributed by atoms with Crippen LogP contribution in [0, 0.1) is 11.3 Å². The number of carbonyl (C=O) groups is 1. The van der Waals surface area contributed by atoms with E-state index in [0.717, 1.165) is 12.8 Å². The van der Waals surface area contributed by atoms with E-state index in [4.69, 9.17) is 4.74 Å². The van der Waals surface area contributed by atoms with Crippen molar-refractivity contribution in [3.8, 4) is 0 Å². The van der Waals surface area contributed by atoms with E-state index in [1.165, 1.54) is 20.0 Å². The van der Waals surface area contributed by atoms with Crippen molar-refractivity contribution in [3.63, 3.8) is 0 Å². The van der Waals surface area contributed by atoms with E-state index >= 15 is 0 Å². The predicted molar refractivity (Wildman–Crippen MR) is 65.2 cm³/mol. The first kappa shape index (κ1) is 13.5. The Morgan fingerprint density at radius 3 is 2.06 bits per heavy atom. The summed E-state index contributed by atoms with van der Waals surface area (Å²) in [6.45, 7) is 4.03. The Labute approximate surface area is 99.1 Å². The van der Waals surface area contributed by atoms with Gasteiger partial charge in [-0.3, -0.25) is 4.79 Å². The summed E-state index contributed by atoms with van der Waals surface area (Å²) in [6, 6.07) is 0.685. The summed E-state index contributed by atoms with van der Waals surface area (Å²) in [5, 5.41) is 0. The molecule has 16 heavy (non-hydrogen) atoms. The van der Waals surface area contributed by atoms with Crippen LogP contribution in [0.15, 0.2) is 0 Å². The van der Waals surface area contributed by atoms with Gasteiger partial charge in [-0.2, -0.15) is 0 Å². The molecule has 0 aromatic heterocycles. The molecule has 0 spiro atoms. The van der Waals surface area contributed by atoms with E-state index in [1.54, 1.807) is 0 Å². The number of methoxy groups -OCH3 is 1. The fraction of sp³-hybridized carbons (Fsp3) is 0.923. The molecule has 0 heterocycles. The number of hydrogen-bond donors (Lipinski definition) is 0. The molecule has 0 radical (unpaired) electrons. The maximum absolute atomic E-state index is 11.7. The van der Waals surface area contributed by atoms with Crippen LogP contribution in [-0.2, 0) is 9.53 Å². The average Bonchev–Trinajstić information content (AvgIpc) is 2.28. The number of hydrogen-bond acceptors (Lipinski definition) is 3. The lowest BCUT2D eigenvalue weighted by Crippen LogP contribution is -2.40. The minimum absolute atomic E-state index is 0.0687. The van der Waals surface area contributed by atoms with Crippen molar-refractivity contribution in [2.45, 2.75) is 45.6 Å². The molecule has 0 amide bonds. The van der Waals surface area contributed by atoms with Crippen LogP contribution in [0.4, 0.5) is 0 Å². The Morgan fingerprint density at radius 2 is 1.69 bits per heavy atom. The van der Waals surface area contributed by atoms with Crippen molar-refractivity contribution < 1.29 is 9.53 Å². The van der Waals surface area contributed by atoms with Gasteiger partial charge in [0.2, 0.25) is 0 Å². The van der Waals surface area contributed by atoms with E-state index in [2.05, 4.69) is 19.0 Å². The summed E-state index contributed by atoms with van der Waals surface area (Å²) >= 11 is 0. The van der Waals surface area contributed by atoms with E-state index in [0.29, 0.717) is 12.0 Å². The van der Waals surface area contributed by atoms with Crippen molar-refractivity contribution in [2.24, 2.45) is 11.3 Å². The minimum Gasteiger partial charge on any atom is -0.469 e. The molecule has 3 heteroatoms. The third-order valence-electron chi connectivity index (χ3n) is 4.16. The first-order valence-corrected chi connectivity index (χ1v) is 6.14. The van der Waals surface area contributed by atoms with Gasteiger partial charge in [0.1, 0.15) is 0 Å². The molecule has 94 valence electrons. The fourth-order valence-corrected chi connectivity index (χ4v) is 2.74. The van der Waals surface area contributed by atoms with Crippen LogP contribution in [0.5, 0.6) is 0 Å². The second-order valence-corrected chi connectivity index (χ2v) is 5.68. The largest absolute Gasteiger partial charge is 0.469 e. The smallest absolute Gasteiger partial charge is 0.311 e. The van der Waals surface area contributed by atoms with Gasteiger partial charge in [-0.05, 0) is 59.5 Å². The molecule has 0 aromatic rings. The quantitative estimate of drug-likeness (QED) is 0.693. The third kappa shape index (κ3) is 2.76. The lowest BCUT2D eigenvalue weighted by atomic mass is 9.70. The van der Waals surface area contributed by atoms with Gasteiger partial charge in [0.25, 0.3) is 0 Å². The Bertz CT molecular complexity index is 240. The van der Waals surface area contributed by atoms with E-state index in [1.807, 2.05) is 13.8 Å². The van der Waals surface area contributed by atoms with Crippen LogP contribution in [-0.4, -0.2) is 38.1 Å². The number of nitrogens with zero attached hydrogens (tertiary/aromatic N) is 1. The second kappa shape index (κ2) is 5.17. The standard InChI is InChI=1S/C13H25NO2/c1-13(2,12(15)16-5)10-6-8-11(9-7-10)14(3)4/h10-11H,6-9H2,1-5H3. The van der Waals surface area contributed by atoms with Crippen LogP contribution >= 0.6 is 0 Å². The van der Waals surface area contributed by atoms with Crippen LogP contribution in [0.25, 0.3) is 0 Å². The molecule has 0 N–H and O–H groups in total. The monoisotopic (exact) mass is 227 g/mol. The maximum atomic E-state index is 11.7. The van der Waals surface area contributed by atoms with Gasteiger partial charge < -0.3 is 9.64 Å². The van der Waals surface area contributed by atoms with Crippen molar-refractivity contribution in [1.29, 1.82) is 0 Å². The molecule has 1 fully saturated rings. The molecule has 1 saturated carbocycles. The zero-order valence-electron chi connectivity index (χ0n) is 11.2. The predicted octanol–water partition coefficient (Wildman–Crippen LogP) is 2.31. The second-order valence-electron chi connectivity index (χ2n) is 5.68. The normalized spacial score (nSPS) is 26.9. The molecule has 0 saturated heterocycles. The molecule has 1 aliphatic rings. The lowest BCUT2D eigenvalue weighted by Gasteiger charge is -2.39. The van der Waals surface area contributed by atoms with Crippen molar-refractivity contribution in [2.75, 3.05) is 21.2 Å². The Balaban J connectivity index is 2.56. The number of ether oxygens (including phenoxy) is 1. The van der Waals surface area contributed by atoms with Crippen molar-refractivity contribution in [3.05, 3.63) is 0 Å². The topological polar surface area (TPSA) is 29.5 Å². The molecule has 0 unspecified atom stereocenters. The van der Waals surface area contributed by atoms with Crippen LogP contribution in [0.2, 0.25) is 0 Å². The minimum atomic E-state index is -0.327. The summed E-state index contributed by atoms with van der Waals surface area (Å²) in [7, 11) is 5.75. The third-order valence-corrected chi connectivity index (χ3v) is 4.16. The highest BCUT2D eigenvalue weighted by atomic mass is 16.5. The van der Waals surface area contributed by atoms with Crippen molar-refractivity contribution >= 4 is 5.97 Å². The zero-order chi connectivity index (χ0) is 12.3. The summed E-state index contributed by atoms with van der Waals surface area (Å²) in [4.78, 5) is 14.0. The van der Waals surface area contributed by atoms with Crippen LogP contribution in [0.3, 0.4) is 0 Å². The van der Waals surface area contributed by atoms with Crippen LogP contribution in [0.1, 0.15) is 39.5 Å². The fourth-order valence-electron chi connectivity index (χ4n) is 2.74. The molecule has 0 aliphatic heterocycles. The van der Waals surface area contributed by atoms with E-state index in [-0.39, 0.29) is 11.4 Å². The molecule has 0 atom stereocenters. The molecule has 1 rings (SSSR count). The molecular formula is C13H25NO2. The Morgan fingerprint density at radius 1 is 1.19 bits per heavy atom. The van der Waals surface area contributed by atoms with Gasteiger partial charge in [-0.15, -0.1) is 0 Å². The van der Waals surface area contributed by atoms with Gasteiger partial charge in [0.05, 0.1) is 12.5 Å². The lowest BCUT2D eigenvalue weighted by molar-refractivity contribution is -0.155. The summed E-state index contributed by atoms with van der Waals surface area (Å²) < 4.78 is 4.89. The van der Waals surface area contributed by atoms with Gasteiger partial charge in [0.15, 0.2) is 0 Å². The van der Waals surface area contributed by atoms with Gasteiger partial charge >= 0.3 is 5.97 Å². The maximum Gasteiger partial charge on any atom is 0.311 e. The number of rotatable bonds is 3. The molecule has 0 aromatic carbocycles. The average molecular weight is 227 g/mol. The summed E-state index contributed by atoms with van der Waals surface area (Å²) in [5.41, 5.74) is -0.327. The van der Waals surface area contributed by atoms with Crippen LogP contribution < -0.4 is 0 Å². The Kier molecular flexibility index (Phi) is 4.36. The number of carbonyl (C=O) groups excluding carboxylic acids is 1. The zero-order valence-corrected chi connectivity index (χ0v) is 11.2. The van der Waals surface area contributed by atoms with Crippen molar-refractivity contribution in [1.82, 2.24) is 4.90 Å².